The Bertz CT molecular complexity index is 1430. The number of carbonyl (C=O) groups is 2. The quantitative estimate of drug-likeness (QED) is 0.248. The number of anilines is 2. The Morgan fingerprint density at radius 3 is 2.17 bits per heavy atom. The van der Waals surface area contributed by atoms with Crippen LogP contribution in [0.4, 0.5) is 11.4 Å². The molecule has 4 rings (SSSR count). The molecule has 0 saturated heterocycles. The molecule has 178 valence electrons. The highest BCUT2D eigenvalue weighted by Gasteiger charge is 2.19. The van der Waals surface area contributed by atoms with Gasteiger partial charge < -0.3 is 15.7 Å². The average molecular weight is 528 g/mol. The minimum absolute atomic E-state index is 0.220. The molecule has 4 aromatic rings. The standard InChI is InChI=1S/C27H21Cl3N2O3/c1-14(26(34)32-25-22(29)12-19(28)13-23(25)30)16-3-7-20(8-4-16)31-27(35)18-5-9-21-15(2)24(33)10-6-17(21)11-18/h3-14,33H,1-2H3,(H,31,35)(H,32,34). The van der Waals surface area contributed by atoms with E-state index < -0.39 is 5.92 Å². The van der Waals surface area contributed by atoms with Gasteiger partial charge in [0.15, 0.2) is 0 Å². The highest BCUT2D eigenvalue weighted by Crippen LogP contribution is 2.34. The first-order valence-corrected chi connectivity index (χ1v) is 11.9. The number of nitrogens with one attached hydrogen (secondary N) is 2. The topological polar surface area (TPSA) is 78.4 Å². The molecular weight excluding hydrogens is 507 g/mol. The lowest BCUT2D eigenvalue weighted by atomic mass is 9.99. The number of benzene rings is 4. The van der Waals surface area contributed by atoms with E-state index in [-0.39, 0.29) is 27.6 Å². The zero-order valence-electron chi connectivity index (χ0n) is 18.8. The smallest absolute Gasteiger partial charge is 0.255 e. The third-order valence-corrected chi connectivity index (χ3v) is 6.65. The lowest BCUT2D eigenvalue weighted by Crippen LogP contribution is -2.19. The maximum absolute atomic E-state index is 12.8. The fourth-order valence-electron chi connectivity index (χ4n) is 3.72. The fourth-order valence-corrected chi connectivity index (χ4v) is 4.63. The van der Waals surface area contributed by atoms with E-state index in [1.807, 2.05) is 13.0 Å². The van der Waals surface area contributed by atoms with Gasteiger partial charge in [0.05, 0.1) is 21.7 Å². The maximum atomic E-state index is 12.8. The molecule has 35 heavy (non-hydrogen) atoms. The Kier molecular flexibility index (Phi) is 7.22. The lowest BCUT2D eigenvalue weighted by molar-refractivity contribution is -0.117. The Labute approximate surface area is 217 Å². The molecule has 5 nitrogen and oxygen atoms in total. The van der Waals surface area contributed by atoms with Crippen LogP contribution in [0, 0.1) is 6.92 Å². The zero-order valence-corrected chi connectivity index (χ0v) is 21.1. The predicted octanol–water partition coefficient (Wildman–Crippen LogP) is 7.81. The van der Waals surface area contributed by atoms with E-state index in [9.17, 15) is 14.7 Å². The van der Waals surface area contributed by atoms with Crippen molar-refractivity contribution in [2.75, 3.05) is 10.6 Å². The van der Waals surface area contributed by atoms with Crippen LogP contribution < -0.4 is 10.6 Å². The molecule has 0 bridgehead atoms. The number of phenolic OH excluding ortho intramolecular Hbond substituents is 1. The summed E-state index contributed by atoms with van der Waals surface area (Å²) >= 11 is 18.2. The SMILES string of the molecule is Cc1c(O)ccc2cc(C(=O)Nc3ccc(C(C)C(=O)Nc4c(Cl)cc(Cl)cc4Cl)cc3)ccc12. The van der Waals surface area contributed by atoms with Gasteiger partial charge in [-0.1, -0.05) is 59.1 Å². The van der Waals surface area contributed by atoms with Gasteiger partial charge in [-0.25, -0.2) is 0 Å². The minimum atomic E-state index is -0.497. The largest absolute Gasteiger partial charge is 0.508 e. The van der Waals surface area contributed by atoms with Gasteiger partial charge >= 0.3 is 0 Å². The van der Waals surface area contributed by atoms with Crippen molar-refractivity contribution in [2.24, 2.45) is 0 Å². The van der Waals surface area contributed by atoms with Crippen LogP contribution in [0.1, 0.15) is 34.3 Å². The molecule has 0 aliphatic carbocycles. The van der Waals surface area contributed by atoms with Gasteiger partial charge in [0, 0.05) is 16.3 Å². The number of aromatic hydroxyl groups is 1. The molecule has 1 unspecified atom stereocenters. The molecule has 4 aromatic carbocycles. The van der Waals surface area contributed by atoms with Gasteiger partial charge in [-0.2, -0.15) is 0 Å². The number of halogens is 3. The molecule has 0 aromatic heterocycles. The van der Waals surface area contributed by atoms with Gasteiger partial charge in [0.25, 0.3) is 5.91 Å². The average Bonchev–Trinajstić information content (AvgIpc) is 2.83. The highest BCUT2D eigenvalue weighted by molar-refractivity contribution is 6.42. The molecule has 0 heterocycles. The van der Waals surface area contributed by atoms with Crippen molar-refractivity contribution in [3.05, 3.63) is 98.5 Å². The lowest BCUT2D eigenvalue weighted by Gasteiger charge is -2.15. The Morgan fingerprint density at radius 2 is 1.51 bits per heavy atom. The molecule has 1 atom stereocenters. The van der Waals surface area contributed by atoms with Gasteiger partial charge in [0.2, 0.25) is 5.91 Å². The van der Waals surface area contributed by atoms with Crippen LogP contribution >= 0.6 is 34.8 Å². The summed E-state index contributed by atoms with van der Waals surface area (Å²) in [5.41, 5.74) is 2.92. The van der Waals surface area contributed by atoms with Gasteiger partial charge in [-0.15, -0.1) is 0 Å². The minimum Gasteiger partial charge on any atom is -0.508 e. The second-order valence-corrected chi connectivity index (χ2v) is 9.43. The van der Waals surface area contributed by atoms with E-state index in [0.29, 0.717) is 22.0 Å². The second kappa shape index (κ2) is 10.2. The van der Waals surface area contributed by atoms with E-state index in [2.05, 4.69) is 10.6 Å². The normalized spacial score (nSPS) is 11.8. The summed E-state index contributed by atoms with van der Waals surface area (Å²) in [5, 5.41) is 18.1. The number of aryl methyl sites for hydroxylation is 1. The van der Waals surface area contributed by atoms with Crippen LogP contribution in [0.2, 0.25) is 15.1 Å². The van der Waals surface area contributed by atoms with Crippen molar-refractivity contribution in [1.29, 1.82) is 0 Å². The van der Waals surface area contributed by atoms with Crippen LogP contribution in [0.15, 0.2) is 66.7 Å². The summed E-state index contributed by atoms with van der Waals surface area (Å²) in [6, 6.07) is 18.8. The number of hydrogen-bond acceptors (Lipinski definition) is 3. The summed E-state index contributed by atoms with van der Waals surface area (Å²) in [7, 11) is 0. The summed E-state index contributed by atoms with van der Waals surface area (Å²) in [4.78, 5) is 25.5. The first-order valence-electron chi connectivity index (χ1n) is 10.7. The van der Waals surface area contributed by atoms with E-state index in [0.717, 1.165) is 21.9 Å². The van der Waals surface area contributed by atoms with Crippen molar-refractivity contribution in [3.8, 4) is 5.75 Å². The second-order valence-electron chi connectivity index (χ2n) is 8.18. The van der Waals surface area contributed by atoms with Gasteiger partial charge in [-0.05, 0) is 78.2 Å². The molecule has 0 saturated carbocycles. The van der Waals surface area contributed by atoms with Crippen molar-refractivity contribution in [1.82, 2.24) is 0 Å². The third kappa shape index (κ3) is 5.38. The molecule has 0 aliphatic heterocycles. The van der Waals surface area contributed by atoms with E-state index in [1.54, 1.807) is 55.5 Å². The Hall–Kier alpha value is -3.25. The Balaban J connectivity index is 1.45. The fraction of sp³-hybridized carbons (Fsp3) is 0.111. The number of rotatable bonds is 5. The molecule has 0 spiro atoms. The van der Waals surface area contributed by atoms with Crippen molar-refractivity contribution in [2.45, 2.75) is 19.8 Å². The van der Waals surface area contributed by atoms with Crippen molar-refractivity contribution in [3.63, 3.8) is 0 Å². The summed E-state index contributed by atoms with van der Waals surface area (Å²) < 4.78 is 0. The third-order valence-electron chi connectivity index (χ3n) is 5.84. The van der Waals surface area contributed by atoms with Gasteiger partial charge in [0.1, 0.15) is 5.75 Å². The molecule has 8 heteroatoms. The molecule has 2 amide bonds. The highest BCUT2D eigenvalue weighted by atomic mass is 35.5. The summed E-state index contributed by atoms with van der Waals surface area (Å²) in [5.74, 6) is -0.826. The summed E-state index contributed by atoms with van der Waals surface area (Å²) in [6.45, 7) is 3.59. The van der Waals surface area contributed by atoms with Crippen molar-refractivity contribution >= 4 is 68.8 Å². The van der Waals surface area contributed by atoms with E-state index in [4.69, 9.17) is 34.8 Å². The monoisotopic (exact) mass is 526 g/mol. The number of fused-ring (bicyclic) bond motifs is 1. The molecule has 0 aliphatic rings. The molecule has 3 N–H and O–H groups in total. The van der Waals surface area contributed by atoms with Crippen LogP contribution in [0.3, 0.4) is 0 Å². The number of phenols is 1. The summed E-state index contributed by atoms with van der Waals surface area (Å²) in [6.07, 6.45) is 0. The first kappa shape index (κ1) is 24.9. The van der Waals surface area contributed by atoms with Crippen molar-refractivity contribution < 1.29 is 14.7 Å². The number of amides is 2. The molecular formula is C27H21Cl3N2O3. The number of carbonyl (C=O) groups excluding carboxylic acids is 2. The molecule has 0 radical (unpaired) electrons. The number of hydrogen-bond donors (Lipinski definition) is 3. The van der Waals surface area contributed by atoms with Crippen LogP contribution in [-0.4, -0.2) is 16.9 Å². The first-order chi connectivity index (χ1) is 16.6. The molecule has 0 fully saturated rings. The van der Waals surface area contributed by atoms with E-state index in [1.165, 1.54) is 12.1 Å². The Morgan fingerprint density at radius 1 is 0.857 bits per heavy atom. The maximum Gasteiger partial charge on any atom is 0.255 e. The zero-order chi connectivity index (χ0) is 25.3. The predicted molar refractivity (Wildman–Crippen MR) is 143 cm³/mol. The van der Waals surface area contributed by atoms with Crippen LogP contribution in [0.5, 0.6) is 5.75 Å². The van der Waals surface area contributed by atoms with E-state index >= 15 is 0 Å². The van der Waals surface area contributed by atoms with Crippen LogP contribution in [-0.2, 0) is 4.79 Å². The van der Waals surface area contributed by atoms with Gasteiger partial charge in [-0.3, -0.25) is 9.59 Å². The van der Waals surface area contributed by atoms with Crippen LogP contribution in [0.25, 0.3) is 10.8 Å².